The Bertz CT molecular complexity index is 533. The second kappa shape index (κ2) is 10.5. The van der Waals surface area contributed by atoms with Crippen LogP contribution in [0.25, 0.3) is 0 Å². The van der Waals surface area contributed by atoms with E-state index in [-0.39, 0.29) is 12.6 Å². The van der Waals surface area contributed by atoms with E-state index in [1.165, 1.54) is 16.7 Å². The predicted octanol–water partition coefficient (Wildman–Crippen LogP) is 1.43. The molecule has 23 heavy (non-hydrogen) atoms. The highest BCUT2D eigenvalue weighted by Crippen LogP contribution is 2.10. The van der Waals surface area contributed by atoms with Gasteiger partial charge in [-0.25, -0.2) is 0 Å². The van der Waals surface area contributed by atoms with Gasteiger partial charge in [0.1, 0.15) is 6.04 Å². The van der Waals surface area contributed by atoms with Gasteiger partial charge in [0.25, 0.3) is 0 Å². The van der Waals surface area contributed by atoms with Crippen molar-refractivity contribution in [2.75, 3.05) is 26.2 Å². The zero-order valence-electron chi connectivity index (χ0n) is 14.2. The molecule has 0 amide bonds. The van der Waals surface area contributed by atoms with Crippen LogP contribution in [0.3, 0.4) is 0 Å². The van der Waals surface area contributed by atoms with Gasteiger partial charge < -0.3 is 9.64 Å². The van der Waals surface area contributed by atoms with Crippen molar-refractivity contribution in [2.24, 2.45) is 10.9 Å². The first-order valence-electron chi connectivity index (χ1n) is 8.13. The molecule has 2 atom stereocenters. The fraction of sp³-hybridized carbons (Fsp3) is 0.500. The number of nitrogens with zero attached hydrogens (tertiary/aromatic N) is 2. The van der Waals surface area contributed by atoms with Gasteiger partial charge in [-0.15, -0.1) is 0 Å². The van der Waals surface area contributed by atoms with Gasteiger partial charge in [-0.05, 0) is 20.8 Å². The Kier molecular flexibility index (Phi) is 8.63. The summed E-state index contributed by atoms with van der Waals surface area (Å²) in [4.78, 5) is 17.4. The van der Waals surface area contributed by atoms with Gasteiger partial charge in [0, 0.05) is 11.8 Å². The third-order valence-corrected chi connectivity index (χ3v) is 3.83. The first kappa shape index (κ1) is 18.9. The van der Waals surface area contributed by atoms with E-state index >= 15 is 0 Å². The fourth-order valence-corrected chi connectivity index (χ4v) is 2.55. The lowest BCUT2D eigenvalue weighted by molar-refractivity contribution is -0.926. The molecule has 1 N–H and O–H groups in total. The number of esters is 1. The maximum atomic E-state index is 11.6. The van der Waals surface area contributed by atoms with E-state index in [1.54, 1.807) is 6.92 Å². The summed E-state index contributed by atoms with van der Waals surface area (Å²) < 4.78 is 4.87. The summed E-state index contributed by atoms with van der Waals surface area (Å²) in [5.74, 6) is -1.47. The number of aliphatic imine (C=N–C) groups is 1. The molecular weight excluding hydrogens is 290 g/mol. The molecule has 1 aromatic carbocycles. The number of likely N-dealkylation sites (N-methyl/N-ethyl adjacent to an activating group) is 1. The van der Waals surface area contributed by atoms with E-state index in [0.29, 0.717) is 6.54 Å². The molecule has 0 bridgehead atoms. The van der Waals surface area contributed by atoms with Crippen LogP contribution in [0, 0.1) is 17.2 Å². The van der Waals surface area contributed by atoms with Crippen molar-refractivity contribution in [2.45, 2.75) is 26.8 Å². The quantitative estimate of drug-likeness (QED) is 0.553. The summed E-state index contributed by atoms with van der Waals surface area (Å²) in [7, 11) is 0. The summed E-state index contributed by atoms with van der Waals surface area (Å²) >= 11 is 0. The van der Waals surface area contributed by atoms with Gasteiger partial charge in [-0.1, -0.05) is 30.3 Å². The minimum Gasteiger partial charge on any atom is -0.465 e. The van der Waals surface area contributed by atoms with Crippen LogP contribution in [-0.4, -0.2) is 38.4 Å². The lowest BCUT2D eigenvalue weighted by atomic mass is 10.1. The number of hydrogen-bond acceptors (Lipinski definition) is 4. The van der Waals surface area contributed by atoms with Crippen LogP contribution in [0.1, 0.15) is 32.4 Å². The number of benzene rings is 1. The molecule has 1 rings (SSSR count). The zero-order valence-corrected chi connectivity index (χ0v) is 14.2. The minimum atomic E-state index is -0.932. The molecule has 124 valence electrons. The number of rotatable bonds is 9. The highest BCUT2D eigenvalue weighted by Gasteiger charge is 2.22. The Morgan fingerprint density at radius 1 is 1.30 bits per heavy atom. The summed E-state index contributed by atoms with van der Waals surface area (Å²) in [6.45, 7) is 8.80. The third-order valence-electron chi connectivity index (χ3n) is 3.83. The van der Waals surface area contributed by atoms with E-state index < -0.39 is 11.9 Å². The molecule has 0 heterocycles. The molecule has 0 spiro atoms. The molecule has 5 heteroatoms. The van der Waals surface area contributed by atoms with E-state index in [0.717, 1.165) is 13.1 Å². The fourth-order valence-electron chi connectivity index (χ4n) is 2.55. The smallest absolute Gasteiger partial charge is 0.328 e. The van der Waals surface area contributed by atoms with Gasteiger partial charge in [0.15, 0.2) is 5.92 Å². The molecule has 0 aliphatic heterocycles. The second-order valence-electron chi connectivity index (χ2n) is 5.20. The third kappa shape index (κ3) is 5.84. The standard InChI is InChI=1S/C18H25N3O2/c1-4-21(5-2)17(15-10-8-7-9-11-15)14-20-13-16(12-19)18(22)23-6-3/h7-11,13,16-17H,4-6,14H2,1-3H3/p+1/t16?,17-/m1/s1. The van der Waals surface area contributed by atoms with Crippen LogP contribution in [-0.2, 0) is 9.53 Å². The summed E-state index contributed by atoms with van der Waals surface area (Å²) in [5, 5.41) is 9.06. The Hall–Kier alpha value is -2.19. The van der Waals surface area contributed by atoms with Crippen molar-refractivity contribution in [1.82, 2.24) is 0 Å². The second-order valence-corrected chi connectivity index (χ2v) is 5.20. The topological polar surface area (TPSA) is 66.9 Å². The maximum absolute atomic E-state index is 11.6. The molecule has 0 fully saturated rings. The molecule has 0 aromatic heterocycles. The maximum Gasteiger partial charge on any atom is 0.328 e. The van der Waals surface area contributed by atoms with Crippen molar-refractivity contribution in [3.63, 3.8) is 0 Å². The Morgan fingerprint density at radius 2 is 1.96 bits per heavy atom. The van der Waals surface area contributed by atoms with Crippen LogP contribution < -0.4 is 4.90 Å². The van der Waals surface area contributed by atoms with Crippen LogP contribution in [0.4, 0.5) is 0 Å². The number of carbonyl (C=O) groups is 1. The summed E-state index contributed by atoms with van der Waals surface area (Å²) in [6, 6.07) is 12.4. The van der Waals surface area contributed by atoms with Crippen LogP contribution in [0.5, 0.6) is 0 Å². The normalized spacial score (nSPS) is 13.7. The van der Waals surface area contributed by atoms with Gasteiger partial charge >= 0.3 is 5.97 Å². The van der Waals surface area contributed by atoms with E-state index in [1.807, 2.05) is 24.3 Å². The number of nitrogens with one attached hydrogen (secondary N) is 1. The molecule has 0 saturated heterocycles. The van der Waals surface area contributed by atoms with Crippen LogP contribution >= 0.6 is 0 Å². The number of nitriles is 1. The molecule has 1 unspecified atom stereocenters. The number of hydrogen-bond donors (Lipinski definition) is 1. The highest BCUT2D eigenvalue weighted by molar-refractivity contribution is 5.92. The van der Waals surface area contributed by atoms with Crippen LogP contribution in [0.15, 0.2) is 35.3 Å². The van der Waals surface area contributed by atoms with Gasteiger partial charge in [-0.2, -0.15) is 5.26 Å². The summed E-state index contributed by atoms with van der Waals surface area (Å²) in [6.07, 6.45) is 1.41. The summed E-state index contributed by atoms with van der Waals surface area (Å²) in [5.41, 5.74) is 1.22. The number of carbonyl (C=O) groups excluding carboxylic acids is 1. The molecule has 0 saturated carbocycles. The molecule has 0 aliphatic carbocycles. The van der Waals surface area contributed by atoms with Crippen molar-refractivity contribution < 1.29 is 14.4 Å². The predicted molar refractivity (Wildman–Crippen MR) is 90.3 cm³/mol. The first-order valence-corrected chi connectivity index (χ1v) is 8.13. The first-order chi connectivity index (χ1) is 11.2. The molecular formula is C18H26N3O2+. The van der Waals surface area contributed by atoms with Gasteiger partial charge in [-0.3, -0.25) is 9.79 Å². The number of ether oxygens (including phenoxy) is 1. The average molecular weight is 316 g/mol. The Labute approximate surface area is 138 Å². The largest absolute Gasteiger partial charge is 0.465 e. The van der Waals surface area contributed by atoms with Crippen molar-refractivity contribution in [3.8, 4) is 6.07 Å². The van der Waals surface area contributed by atoms with E-state index in [2.05, 4.69) is 31.0 Å². The van der Waals surface area contributed by atoms with E-state index in [4.69, 9.17) is 10.00 Å². The van der Waals surface area contributed by atoms with Gasteiger partial charge in [0.2, 0.25) is 0 Å². The Balaban J connectivity index is 2.84. The average Bonchev–Trinajstić information content (AvgIpc) is 2.59. The molecule has 1 aromatic rings. The van der Waals surface area contributed by atoms with Crippen molar-refractivity contribution in [3.05, 3.63) is 35.9 Å². The van der Waals surface area contributed by atoms with Gasteiger partial charge in [0.05, 0.1) is 32.3 Å². The van der Waals surface area contributed by atoms with Crippen LogP contribution in [0.2, 0.25) is 0 Å². The monoisotopic (exact) mass is 316 g/mol. The molecule has 0 radical (unpaired) electrons. The van der Waals surface area contributed by atoms with Crippen molar-refractivity contribution >= 4 is 12.2 Å². The highest BCUT2D eigenvalue weighted by atomic mass is 16.5. The molecule has 0 aliphatic rings. The van der Waals surface area contributed by atoms with E-state index in [9.17, 15) is 4.79 Å². The SMILES string of the molecule is CCOC(=O)C(C#N)C=NC[C@H](c1ccccc1)[NH+](CC)CC. The Morgan fingerprint density at radius 3 is 2.48 bits per heavy atom. The zero-order chi connectivity index (χ0) is 17.1. The lowest BCUT2D eigenvalue weighted by Crippen LogP contribution is -3.12. The van der Waals surface area contributed by atoms with Crippen molar-refractivity contribution in [1.29, 1.82) is 5.26 Å². The lowest BCUT2D eigenvalue weighted by Gasteiger charge is -2.25. The minimum absolute atomic E-state index is 0.212. The number of quaternary nitrogens is 1. The molecule has 5 nitrogen and oxygen atoms in total.